The predicted molar refractivity (Wildman–Crippen MR) is 140 cm³/mol. The van der Waals surface area contributed by atoms with Gasteiger partial charge in [0, 0.05) is 36.3 Å². The van der Waals surface area contributed by atoms with E-state index in [1.54, 1.807) is 6.07 Å². The van der Waals surface area contributed by atoms with E-state index < -0.39 is 5.97 Å². The third-order valence-electron chi connectivity index (χ3n) is 4.90. The van der Waals surface area contributed by atoms with Gasteiger partial charge in [-0.25, -0.2) is 9.78 Å². The van der Waals surface area contributed by atoms with Crippen LogP contribution in [0, 0.1) is 0 Å². The van der Waals surface area contributed by atoms with Gasteiger partial charge >= 0.3 is 5.97 Å². The fourth-order valence-corrected chi connectivity index (χ4v) is 4.27. The van der Waals surface area contributed by atoms with Gasteiger partial charge in [-0.05, 0) is 51.1 Å². The lowest BCUT2D eigenvalue weighted by molar-refractivity contribution is -0.0132. The van der Waals surface area contributed by atoms with Gasteiger partial charge in [0.25, 0.3) is 0 Å². The zero-order chi connectivity index (χ0) is 25.9. The zero-order valence-corrected chi connectivity index (χ0v) is 22.0. The Morgan fingerprint density at radius 2 is 1.69 bits per heavy atom. The molecule has 0 N–H and O–H groups in total. The number of ether oxygens (including phenoxy) is 6. The molecular weight excluding hydrogens is 482 g/mol. The van der Waals surface area contributed by atoms with Crippen LogP contribution < -0.4 is 14.2 Å². The molecule has 2 aromatic carbocycles. The van der Waals surface area contributed by atoms with Crippen LogP contribution in [-0.4, -0.2) is 52.0 Å². The number of benzene rings is 2. The molecule has 1 heterocycles. The maximum Gasteiger partial charge on any atom is 0.344 e. The molecule has 0 atom stereocenters. The molecule has 1 aromatic heterocycles. The summed E-state index contributed by atoms with van der Waals surface area (Å²) in [6.07, 6.45) is 3.72. The Morgan fingerprint density at radius 3 is 2.39 bits per heavy atom. The number of nitrogens with zero attached hydrogens (tertiary/aromatic N) is 1. The normalized spacial score (nSPS) is 11.0. The number of esters is 1. The molecule has 0 saturated carbocycles. The SMILES string of the molecule is CC=Cc1cc(-c2csc(-c3ccc(OCC)c(OCC)c3)n2)cc(C(=O)OCOC)c1OCOC. The van der Waals surface area contributed by atoms with Gasteiger partial charge in [0.05, 0.1) is 18.9 Å². The molecule has 3 rings (SSSR count). The van der Waals surface area contributed by atoms with Gasteiger partial charge in [-0.15, -0.1) is 11.3 Å². The Hall–Kier alpha value is -3.40. The van der Waals surface area contributed by atoms with E-state index in [4.69, 9.17) is 33.4 Å². The number of aromatic nitrogens is 1. The Labute approximate surface area is 215 Å². The molecule has 0 fully saturated rings. The largest absolute Gasteiger partial charge is 0.490 e. The van der Waals surface area contributed by atoms with Gasteiger partial charge in [0.1, 0.15) is 16.3 Å². The first-order valence-corrected chi connectivity index (χ1v) is 12.4. The summed E-state index contributed by atoms with van der Waals surface area (Å²) in [6.45, 7) is 6.64. The van der Waals surface area contributed by atoms with Crippen LogP contribution >= 0.6 is 11.3 Å². The summed E-state index contributed by atoms with van der Waals surface area (Å²) in [5, 5.41) is 2.76. The van der Waals surface area contributed by atoms with E-state index in [1.165, 1.54) is 25.6 Å². The van der Waals surface area contributed by atoms with Crippen molar-refractivity contribution >= 4 is 23.4 Å². The van der Waals surface area contributed by atoms with Crippen molar-refractivity contribution in [1.29, 1.82) is 0 Å². The topological polar surface area (TPSA) is 85.3 Å². The second-order valence-corrected chi connectivity index (χ2v) is 8.25. The molecule has 0 radical (unpaired) electrons. The van der Waals surface area contributed by atoms with Gasteiger partial charge in [-0.2, -0.15) is 0 Å². The first-order valence-electron chi connectivity index (χ1n) is 11.5. The van der Waals surface area contributed by atoms with E-state index >= 15 is 0 Å². The second kappa shape index (κ2) is 13.6. The first kappa shape index (κ1) is 27.2. The smallest absolute Gasteiger partial charge is 0.344 e. The predicted octanol–water partition coefficient (Wildman–Crippen LogP) is 6.05. The van der Waals surface area contributed by atoms with E-state index in [0.29, 0.717) is 41.7 Å². The average Bonchev–Trinajstić information content (AvgIpc) is 3.38. The van der Waals surface area contributed by atoms with Crippen molar-refractivity contribution in [3.8, 4) is 39.1 Å². The molecule has 9 heteroatoms. The number of hydrogen-bond acceptors (Lipinski definition) is 9. The highest BCUT2D eigenvalue weighted by Gasteiger charge is 2.21. The third kappa shape index (κ3) is 6.63. The van der Waals surface area contributed by atoms with Gasteiger partial charge in [-0.3, -0.25) is 0 Å². The van der Waals surface area contributed by atoms with Crippen LogP contribution in [0.5, 0.6) is 17.2 Å². The lowest BCUT2D eigenvalue weighted by Crippen LogP contribution is -2.12. The molecule has 3 aromatic rings. The molecule has 192 valence electrons. The Balaban J connectivity index is 2.05. The second-order valence-electron chi connectivity index (χ2n) is 7.40. The zero-order valence-electron chi connectivity index (χ0n) is 21.2. The summed E-state index contributed by atoms with van der Waals surface area (Å²) in [7, 11) is 2.97. The molecule has 0 bridgehead atoms. The highest BCUT2D eigenvalue weighted by molar-refractivity contribution is 7.13. The van der Waals surface area contributed by atoms with Gasteiger partial charge in [-0.1, -0.05) is 12.2 Å². The maximum atomic E-state index is 12.8. The molecule has 0 aliphatic heterocycles. The van der Waals surface area contributed by atoms with Gasteiger partial charge in [0.15, 0.2) is 25.1 Å². The molecule has 0 amide bonds. The summed E-state index contributed by atoms with van der Waals surface area (Å²) >= 11 is 1.50. The fourth-order valence-electron chi connectivity index (χ4n) is 3.45. The fraction of sp³-hybridized carbons (Fsp3) is 0.333. The van der Waals surface area contributed by atoms with Crippen LogP contribution in [0.2, 0.25) is 0 Å². The minimum Gasteiger partial charge on any atom is -0.490 e. The quantitative estimate of drug-likeness (QED) is 0.202. The summed E-state index contributed by atoms with van der Waals surface area (Å²) < 4.78 is 32.4. The van der Waals surface area contributed by atoms with Gasteiger partial charge < -0.3 is 28.4 Å². The molecule has 0 saturated heterocycles. The number of carbonyl (C=O) groups is 1. The molecule has 0 aliphatic rings. The standard InChI is InChI=1S/C27H31NO7S/c1-6-9-18-12-20(13-21(25(18)34-16-30-4)27(29)35-17-31-5)22-15-36-26(28-22)19-10-11-23(32-7-2)24(14-19)33-8-3/h6,9-15H,7-8,16-17H2,1-5H3. The maximum absolute atomic E-state index is 12.8. The molecule has 8 nitrogen and oxygen atoms in total. The van der Waals surface area contributed by atoms with E-state index in [0.717, 1.165) is 16.1 Å². The Kier molecular flexibility index (Phi) is 10.3. The summed E-state index contributed by atoms with van der Waals surface area (Å²) in [5.41, 5.74) is 3.32. The number of methoxy groups -OCH3 is 2. The minimum atomic E-state index is -0.570. The lowest BCUT2D eigenvalue weighted by atomic mass is 10.0. The number of carbonyl (C=O) groups excluding carboxylic acids is 1. The lowest BCUT2D eigenvalue weighted by Gasteiger charge is -2.15. The van der Waals surface area contributed by atoms with E-state index in [-0.39, 0.29) is 19.1 Å². The van der Waals surface area contributed by atoms with Crippen LogP contribution in [0.1, 0.15) is 36.7 Å². The van der Waals surface area contributed by atoms with Crippen LogP contribution in [-0.2, 0) is 14.2 Å². The van der Waals surface area contributed by atoms with E-state index in [1.807, 2.05) is 62.6 Å². The number of hydrogen-bond donors (Lipinski definition) is 0. The Morgan fingerprint density at radius 1 is 0.944 bits per heavy atom. The number of rotatable bonds is 13. The molecular formula is C27H31NO7S. The molecule has 36 heavy (non-hydrogen) atoms. The van der Waals surface area contributed by atoms with Crippen LogP contribution in [0.25, 0.3) is 27.9 Å². The number of thiazole rings is 1. The van der Waals surface area contributed by atoms with Crippen molar-refractivity contribution in [1.82, 2.24) is 4.98 Å². The van der Waals surface area contributed by atoms with Crippen molar-refractivity contribution in [2.45, 2.75) is 20.8 Å². The van der Waals surface area contributed by atoms with Crippen molar-refractivity contribution in [3.63, 3.8) is 0 Å². The van der Waals surface area contributed by atoms with E-state index in [2.05, 4.69) is 0 Å². The Bertz CT molecular complexity index is 1190. The highest BCUT2D eigenvalue weighted by atomic mass is 32.1. The molecule has 0 aliphatic carbocycles. The summed E-state index contributed by atoms with van der Waals surface area (Å²) in [6, 6.07) is 9.40. The molecule has 0 spiro atoms. The molecule has 0 unspecified atom stereocenters. The van der Waals surface area contributed by atoms with Crippen molar-refractivity contribution in [2.75, 3.05) is 41.0 Å². The van der Waals surface area contributed by atoms with Crippen molar-refractivity contribution < 1.29 is 33.2 Å². The third-order valence-corrected chi connectivity index (χ3v) is 5.79. The van der Waals surface area contributed by atoms with Crippen molar-refractivity contribution in [2.24, 2.45) is 0 Å². The first-order chi connectivity index (χ1) is 17.6. The summed E-state index contributed by atoms with van der Waals surface area (Å²) in [4.78, 5) is 17.7. The van der Waals surface area contributed by atoms with Crippen molar-refractivity contribution in [3.05, 3.63) is 52.9 Å². The van der Waals surface area contributed by atoms with E-state index in [9.17, 15) is 4.79 Å². The van der Waals surface area contributed by atoms with Gasteiger partial charge in [0.2, 0.25) is 0 Å². The monoisotopic (exact) mass is 513 g/mol. The number of allylic oxidation sites excluding steroid dienone is 1. The minimum absolute atomic E-state index is 0.0186. The average molecular weight is 514 g/mol. The summed E-state index contributed by atoms with van der Waals surface area (Å²) in [5.74, 6) is 1.16. The van der Waals surface area contributed by atoms with Crippen LogP contribution in [0.3, 0.4) is 0 Å². The van der Waals surface area contributed by atoms with Crippen LogP contribution in [0.4, 0.5) is 0 Å². The highest BCUT2D eigenvalue weighted by Crippen LogP contribution is 2.37. The van der Waals surface area contributed by atoms with Crippen LogP contribution in [0.15, 0.2) is 41.8 Å².